The maximum Gasteiger partial charge on any atom is 0.139 e. The minimum Gasteiger partial charge on any atom is -0.361 e. The monoisotopic (exact) mass is 182 g/mol. The molecule has 13 heavy (non-hydrogen) atoms. The van der Waals surface area contributed by atoms with Crippen LogP contribution in [0.15, 0.2) is 4.52 Å². The first-order chi connectivity index (χ1) is 6.15. The second kappa shape index (κ2) is 4.42. The van der Waals surface area contributed by atoms with Gasteiger partial charge < -0.3 is 9.84 Å². The summed E-state index contributed by atoms with van der Waals surface area (Å²) in [6.07, 6.45) is 0.917. The van der Waals surface area contributed by atoms with E-state index < -0.39 is 0 Å². The Morgan fingerprint density at radius 3 is 2.62 bits per heavy atom. The van der Waals surface area contributed by atoms with Crippen molar-refractivity contribution in [2.75, 3.05) is 0 Å². The number of nitrogens with zero attached hydrogens (tertiary/aromatic N) is 1. The summed E-state index contributed by atoms with van der Waals surface area (Å²) in [6.45, 7) is 9.18. The van der Waals surface area contributed by atoms with E-state index in [0.29, 0.717) is 6.04 Å². The van der Waals surface area contributed by atoms with Crippen LogP contribution in [0.1, 0.15) is 37.8 Å². The topological polar surface area (TPSA) is 38.1 Å². The van der Waals surface area contributed by atoms with E-state index in [4.69, 9.17) is 4.52 Å². The van der Waals surface area contributed by atoms with Crippen LogP contribution < -0.4 is 5.32 Å². The van der Waals surface area contributed by atoms with Crippen molar-refractivity contribution in [3.63, 3.8) is 0 Å². The standard InChI is InChI=1S/C10H18N2O/c1-5-10-8(4)9(12-13-10)6-11-7(2)3/h7,11H,5-6H2,1-4H3. The molecule has 3 heteroatoms. The molecular formula is C10H18N2O. The third kappa shape index (κ3) is 2.56. The number of rotatable bonds is 4. The second-order valence-corrected chi connectivity index (χ2v) is 3.57. The molecule has 0 saturated carbocycles. The molecule has 0 amide bonds. The molecule has 74 valence electrons. The van der Waals surface area contributed by atoms with Crippen molar-refractivity contribution < 1.29 is 4.52 Å². The highest BCUT2D eigenvalue weighted by molar-refractivity contribution is 5.20. The lowest BCUT2D eigenvalue weighted by Gasteiger charge is -2.05. The molecule has 0 unspecified atom stereocenters. The molecule has 0 aliphatic heterocycles. The summed E-state index contributed by atoms with van der Waals surface area (Å²) in [4.78, 5) is 0. The van der Waals surface area contributed by atoms with E-state index in [2.05, 4.69) is 38.2 Å². The van der Waals surface area contributed by atoms with Crippen molar-refractivity contribution in [3.05, 3.63) is 17.0 Å². The second-order valence-electron chi connectivity index (χ2n) is 3.57. The van der Waals surface area contributed by atoms with E-state index in [1.807, 2.05) is 0 Å². The van der Waals surface area contributed by atoms with Crippen molar-refractivity contribution in [1.29, 1.82) is 0 Å². The Balaban J connectivity index is 2.62. The number of nitrogens with one attached hydrogen (secondary N) is 1. The predicted molar refractivity (Wildman–Crippen MR) is 52.6 cm³/mol. The molecule has 0 spiro atoms. The predicted octanol–water partition coefficient (Wildman–Crippen LogP) is 2.04. The van der Waals surface area contributed by atoms with Gasteiger partial charge in [-0.05, 0) is 6.92 Å². The quantitative estimate of drug-likeness (QED) is 0.774. The van der Waals surface area contributed by atoms with Gasteiger partial charge in [-0.1, -0.05) is 25.9 Å². The van der Waals surface area contributed by atoms with Gasteiger partial charge >= 0.3 is 0 Å². The van der Waals surface area contributed by atoms with Crippen molar-refractivity contribution in [3.8, 4) is 0 Å². The van der Waals surface area contributed by atoms with Gasteiger partial charge in [0.05, 0.1) is 0 Å². The number of hydrogen-bond acceptors (Lipinski definition) is 3. The van der Waals surface area contributed by atoms with Gasteiger partial charge in [-0.15, -0.1) is 0 Å². The average Bonchev–Trinajstić information content (AvgIpc) is 2.43. The van der Waals surface area contributed by atoms with Crippen LogP contribution in [-0.2, 0) is 13.0 Å². The third-order valence-electron chi connectivity index (χ3n) is 2.12. The minimum absolute atomic E-state index is 0.487. The van der Waals surface area contributed by atoms with Crippen LogP contribution in [0.4, 0.5) is 0 Å². The van der Waals surface area contributed by atoms with Gasteiger partial charge in [0.2, 0.25) is 0 Å². The van der Waals surface area contributed by atoms with Crippen LogP contribution in [0.2, 0.25) is 0 Å². The molecule has 0 aliphatic carbocycles. The molecule has 0 aliphatic rings. The molecule has 1 rings (SSSR count). The first-order valence-corrected chi connectivity index (χ1v) is 4.82. The van der Waals surface area contributed by atoms with Crippen LogP contribution in [0.5, 0.6) is 0 Å². The maximum atomic E-state index is 5.19. The Labute approximate surface area is 79.5 Å². The number of aryl methyl sites for hydroxylation is 1. The average molecular weight is 182 g/mol. The van der Waals surface area contributed by atoms with E-state index in [-0.39, 0.29) is 0 Å². The molecule has 0 atom stereocenters. The van der Waals surface area contributed by atoms with Crippen molar-refractivity contribution in [1.82, 2.24) is 10.5 Å². The molecule has 3 nitrogen and oxygen atoms in total. The van der Waals surface area contributed by atoms with Gasteiger partial charge in [-0.3, -0.25) is 0 Å². The zero-order valence-corrected chi connectivity index (χ0v) is 8.85. The summed E-state index contributed by atoms with van der Waals surface area (Å²) >= 11 is 0. The van der Waals surface area contributed by atoms with Crippen LogP contribution in [0.25, 0.3) is 0 Å². The molecule has 1 aromatic heterocycles. The minimum atomic E-state index is 0.487. The largest absolute Gasteiger partial charge is 0.361 e. The highest BCUT2D eigenvalue weighted by Crippen LogP contribution is 2.12. The fourth-order valence-electron chi connectivity index (χ4n) is 1.20. The SMILES string of the molecule is CCc1onc(CNC(C)C)c1C. The zero-order valence-electron chi connectivity index (χ0n) is 8.85. The van der Waals surface area contributed by atoms with E-state index in [1.165, 1.54) is 5.56 Å². The van der Waals surface area contributed by atoms with Gasteiger partial charge in [0.15, 0.2) is 0 Å². The lowest BCUT2D eigenvalue weighted by Crippen LogP contribution is -2.22. The molecule has 0 bridgehead atoms. The Hall–Kier alpha value is -0.830. The van der Waals surface area contributed by atoms with Gasteiger partial charge in [0, 0.05) is 24.6 Å². The Kier molecular flexibility index (Phi) is 3.48. The Morgan fingerprint density at radius 2 is 2.15 bits per heavy atom. The van der Waals surface area contributed by atoms with E-state index in [9.17, 15) is 0 Å². The summed E-state index contributed by atoms with van der Waals surface area (Å²) in [6, 6.07) is 0.487. The normalized spacial score (nSPS) is 11.2. The van der Waals surface area contributed by atoms with Crippen molar-refractivity contribution >= 4 is 0 Å². The Morgan fingerprint density at radius 1 is 1.46 bits per heavy atom. The molecule has 0 saturated heterocycles. The fourth-order valence-corrected chi connectivity index (χ4v) is 1.20. The number of hydrogen-bond donors (Lipinski definition) is 1. The molecule has 1 heterocycles. The molecule has 0 aromatic carbocycles. The van der Waals surface area contributed by atoms with Gasteiger partial charge in [-0.25, -0.2) is 0 Å². The molecular weight excluding hydrogens is 164 g/mol. The Bertz CT molecular complexity index is 266. The summed E-state index contributed by atoms with van der Waals surface area (Å²) in [5.74, 6) is 1.00. The molecule has 1 N–H and O–H groups in total. The first kappa shape index (κ1) is 10.3. The first-order valence-electron chi connectivity index (χ1n) is 4.82. The molecule has 0 fully saturated rings. The summed E-state index contributed by atoms with van der Waals surface area (Å²) in [5.41, 5.74) is 2.22. The fraction of sp³-hybridized carbons (Fsp3) is 0.700. The lowest BCUT2D eigenvalue weighted by atomic mass is 10.2. The van der Waals surface area contributed by atoms with Crippen LogP contribution >= 0.6 is 0 Å². The van der Waals surface area contributed by atoms with E-state index in [0.717, 1.165) is 24.4 Å². The molecule has 1 aromatic rings. The highest BCUT2D eigenvalue weighted by atomic mass is 16.5. The number of aromatic nitrogens is 1. The maximum absolute atomic E-state index is 5.19. The van der Waals surface area contributed by atoms with Gasteiger partial charge in [0.25, 0.3) is 0 Å². The highest BCUT2D eigenvalue weighted by Gasteiger charge is 2.09. The van der Waals surface area contributed by atoms with Crippen LogP contribution in [0, 0.1) is 6.92 Å². The van der Waals surface area contributed by atoms with E-state index >= 15 is 0 Å². The van der Waals surface area contributed by atoms with Crippen LogP contribution in [-0.4, -0.2) is 11.2 Å². The smallest absolute Gasteiger partial charge is 0.139 e. The third-order valence-corrected chi connectivity index (χ3v) is 2.12. The zero-order chi connectivity index (χ0) is 9.84. The van der Waals surface area contributed by atoms with Crippen molar-refractivity contribution in [2.24, 2.45) is 0 Å². The van der Waals surface area contributed by atoms with Crippen molar-refractivity contribution in [2.45, 2.75) is 46.7 Å². The van der Waals surface area contributed by atoms with Crippen LogP contribution in [0.3, 0.4) is 0 Å². The summed E-state index contributed by atoms with van der Waals surface area (Å²) in [5, 5.41) is 7.34. The summed E-state index contributed by atoms with van der Waals surface area (Å²) in [7, 11) is 0. The van der Waals surface area contributed by atoms with Gasteiger partial charge in [0.1, 0.15) is 11.5 Å². The lowest BCUT2D eigenvalue weighted by molar-refractivity contribution is 0.376. The molecule has 0 radical (unpaired) electrons. The van der Waals surface area contributed by atoms with Gasteiger partial charge in [-0.2, -0.15) is 0 Å². The van der Waals surface area contributed by atoms with E-state index in [1.54, 1.807) is 0 Å². The summed E-state index contributed by atoms with van der Waals surface area (Å²) < 4.78 is 5.19.